The van der Waals surface area contributed by atoms with Gasteiger partial charge in [0, 0.05) is 52.0 Å². The first kappa shape index (κ1) is 22.7. The number of amides is 2. The summed E-state index contributed by atoms with van der Waals surface area (Å²) in [4.78, 5) is 24.5. The number of nitrogens with one attached hydrogen (secondary N) is 2. The van der Waals surface area contributed by atoms with Gasteiger partial charge in [-0.05, 0) is 79.6 Å². The minimum atomic E-state index is -0.200. The molecule has 1 aliphatic carbocycles. The maximum atomic E-state index is 12.8. The van der Waals surface area contributed by atoms with Crippen LogP contribution in [-0.4, -0.2) is 16.4 Å². The largest absolute Gasteiger partial charge is 0.340 e. The maximum absolute atomic E-state index is 12.8. The monoisotopic (exact) mass is 475 g/mol. The highest BCUT2D eigenvalue weighted by Crippen LogP contribution is 2.33. The molecule has 1 fully saturated rings. The second-order valence-electron chi connectivity index (χ2n) is 9.53. The van der Waals surface area contributed by atoms with Crippen LogP contribution in [0.1, 0.15) is 55.3 Å². The van der Waals surface area contributed by atoms with Crippen LogP contribution in [0.5, 0.6) is 0 Å². The number of halogens is 1. The highest BCUT2D eigenvalue weighted by atomic mass is 35.5. The number of nitrogens with zero attached hydrogens (tertiary/aromatic N) is 1. The third kappa shape index (κ3) is 4.76. The molecule has 0 saturated heterocycles. The normalized spacial score (nSPS) is 16.6. The lowest BCUT2D eigenvalue weighted by atomic mass is 9.89. The van der Waals surface area contributed by atoms with Crippen LogP contribution in [0.4, 0.5) is 11.4 Å². The number of rotatable bonds is 5. The van der Waals surface area contributed by atoms with Crippen LogP contribution in [0, 0.1) is 12.8 Å². The Morgan fingerprint density at radius 1 is 1.15 bits per heavy atom. The molecule has 1 aromatic heterocycles. The SMILES string of the molecule is Cc1c(/C=C/C(=O)Nc2ccc3c(c2)NC(=O)CC3)n(CC2CCCCC2)c2ccc(Cl)cc12. The Morgan fingerprint density at radius 3 is 2.79 bits per heavy atom. The third-order valence-electron chi connectivity index (χ3n) is 7.16. The number of hydrogen-bond donors (Lipinski definition) is 2. The predicted molar refractivity (Wildman–Crippen MR) is 139 cm³/mol. The summed E-state index contributed by atoms with van der Waals surface area (Å²) in [6, 6.07) is 11.7. The van der Waals surface area contributed by atoms with Crippen molar-refractivity contribution in [2.24, 2.45) is 5.92 Å². The van der Waals surface area contributed by atoms with Crippen LogP contribution in [0.3, 0.4) is 0 Å². The van der Waals surface area contributed by atoms with Crippen LogP contribution in [-0.2, 0) is 22.6 Å². The molecule has 2 aromatic carbocycles. The standard InChI is InChI=1S/C28H30ClN3O2/c1-18-23-15-21(29)9-11-26(23)32(17-19-5-3-2-4-6-19)25(18)12-14-27(33)30-22-10-7-20-8-13-28(34)31-24(20)16-22/h7,9-12,14-16,19H,2-6,8,13,17H2,1H3,(H,30,33)(H,31,34)/b14-12+. The predicted octanol–water partition coefficient (Wildman–Crippen LogP) is 6.72. The fraction of sp³-hybridized carbons (Fsp3) is 0.357. The van der Waals surface area contributed by atoms with Gasteiger partial charge in [0.05, 0.1) is 0 Å². The number of carbonyl (C=O) groups excluding carboxylic acids is 2. The summed E-state index contributed by atoms with van der Waals surface area (Å²) in [5, 5.41) is 7.67. The molecule has 5 nitrogen and oxygen atoms in total. The smallest absolute Gasteiger partial charge is 0.248 e. The second-order valence-corrected chi connectivity index (χ2v) is 9.97. The molecule has 176 valence electrons. The summed E-state index contributed by atoms with van der Waals surface area (Å²) in [6.07, 6.45) is 11.2. The molecule has 3 aromatic rings. The zero-order chi connectivity index (χ0) is 23.7. The van der Waals surface area contributed by atoms with Gasteiger partial charge in [-0.2, -0.15) is 0 Å². The van der Waals surface area contributed by atoms with Crippen molar-refractivity contribution in [2.45, 2.75) is 58.4 Å². The van der Waals surface area contributed by atoms with Crippen molar-refractivity contribution < 1.29 is 9.59 Å². The van der Waals surface area contributed by atoms with E-state index < -0.39 is 0 Å². The second kappa shape index (κ2) is 9.67. The van der Waals surface area contributed by atoms with Gasteiger partial charge in [0.25, 0.3) is 0 Å². The lowest BCUT2D eigenvalue weighted by molar-refractivity contribution is -0.116. The van der Waals surface area contributed by atoms with E-state index in [1.807, 2.05) is 36.4 Å². The summed E-state index contributed by atoms with van der Waals surface area (Å²) < 4.78 is 2.36. The van der Waals surface area contributed by atoms with E-state index in [2.05, 4.69) is 28.2 Å². The summed E-state index contributed by atoms with van der Waals surface area (Å²) in [5.41, 5.74) is 5.89. The van der Waals surface area contributed by atoms with Crippen LogP contribution >= 0.6 is 11.6 Å². The number of carbonyl (C=O) groups is 2. The van der Waals surface area contributed by atoms with E-state index in [0.717, 1.165) is 51.4 Å². The molecular formula is C28H30ClN3O2. The molecule has 34 heavy (non-hydrogen) atoms. The van der Waals surface area contributed by atoms with Gasteiger partial charge in [-0.3, -0.25) is 9.59 Å². The number of aryl methyl sites for hydroxylation is 2. The van der Waals surface area contributed by atoms with E-state index in [1.165, 1.54) is 32.1 Å². The maximum Gasteiger partial charge on any atom is 0.248 e. The highest BCUT2D eigenvalue weighted by Gasteiger charge is 2.19. The fourth-order valence-corrected chi connectivity index (χ4v) is 5.51. The van der Waals surface area contributed by atoms with Crippen LogP contribution in [0.25, 0.3) is 17.0 Å². The van der Waals surface area contributed by atoms with Gasteiger partial charge in [-0.1, -0.05) is 36.9 Å². The van der Waals surface area contributed by atoms with Crippen molar-refractivity contribution in [3.8, 4) is 0 Å². The number of anilines is 2. The van der Waals surface area contributed by atoms with Crippen molar-refractivity contribution in [2.75, 3.05) is 10.6 Å². The van der Waals surface area contributed by atoms with Crippen LogP contribution in [0.15, 0.2) is 42.5 Å². The van der Waals surface area contributed by atoms with E-state index in [9.17, 15) is 9.59 Å². The summed E-state index contributed by atoms with van der Waals surface area (Å²) in [5.74, 6) is 0.470. The summed E-state index contributed by atoms with van der Waals surface area (Å²) >= 11 is 6.30. The van der Waals surface area contributed by atoms with E-state index in [-0.39, 0.29) is 11.8 Å². The first-order chi connectivity index (χ1) is 16.5. The molecule has 2 heterocycles. The Hall–Kier alpha value is -3.05. The Morgan fingerprint density at radius 2 is 1.97 bits per heavy atom. The first-order valence-corrected chi connectivity index (χ1v) is 12.6. The van der Waals surface area contributed by atoms with Gasteiger partial charge < -0.3 is 15.2 Å². The fourth-order valence-electron chi connectivity index (χ4n) is 5.34. The Bertz CT molecular complexity index is 1280. The lowest BCUT2D eigenvalue weighted by Gasteiger charge is -2.23. The Balaban J connectivity index is 1.40. The van der Waals surface area contributed by atoms with E-state index in [4.69, 9.17) is 11.6 Å². The minimum absolute atomic E-state index is 0.0113. The van der Waals surface area contributed by atoms with Crippen molar-refractivity contribution in [1.82, 2.24) is 4.57 Å². The average Bonchev–Trinajstić information content (AvgIpc) is 3.08. The molecule has 2 aliphatic rings. The molecule has 5 rings (SSSR count). The lowest BCUT2D eigenvalue weighted by Crippen LogP contribution is -2.19. The van der Waals surface area contributed by atoms with E-state index in [0.29, 0.717) is 18.0 Å². The Kier molecular flexibility index (Phi) is 6.46. The zero-order valence-corrected chi connectivity index (χ0v) is 20.3. The summed E-state index contributed by atoms with van der Waals surface area (Å²) in [7, 11) is 0. The number of hydrogen-bond acceptors (Lipinski definition) is 2. The van der Waals surface area contributed by atoms with E-state index >= 15 is 0 Å². The minimum Gasteiger partial charge on any atom is -0.340 e. The molecule has 2 N–H and O–H groups in total. The molecule has 6 heteroatoms. The number of benzene rings is 2. The quantitative estimate of drug-likeness (QED) is 0.402. The number of aromatic nitrogens is 1. The molecule has 0 bridgehead atoms. The number of fused-ring (bicyclic) bond motifs is 2. The van der Waals surface area contributed by atoms with Gasteiger partial charge >= 0.3 is 0 Å². The summed E-state index contributed by atoms with van der Waals surface area (Å²) in [6.45, 7) is 3.05. The molecule has 0 spiro atoms. The van der Waals surface area contributed by atoms with Crippen LogP contribution in [0.2, 0.25) is 5.02 Å². The Labute approximate surface area is 205 Å². The average molecular weight is 476 g/mol. The third-order valence-corrected chi connectivity index (χ3v) is 7.39. The first-order valence-electron chi connectivity index (χ1n) is 12.2. The molecule has 0 atom stereocenters. The molecule has 0 radical (unpaired) electrons. The van der Waals surface area contributed by atoms with Gasteiger partial charge in [0.1, 0.15) is 0 Å². The van der Waals surface area contributed by atoms with E-state index in [1.54, 1.807) is 6.08 Å². The zero-order valence-electron chi connectivity index (χ0n) is 19.5. The van der Waals surface area contributed by atoms with Crippen molar-refractivity contribution in [3.05, 3.63) is 64.3 Å². The van der Waals surface area contributed by atoms with Gasteiger partial charge in [-0.25, -0.2) is 0 Å². The topological polar surface area (TPSA) is 63.1 Å². The molecule has 1 aliphatic heterocycles. The van der Waals surface area contributed by atoms with Crippen molar-refractivity contribution >= 4 is 51.8 Å². The highest BCUT2D eigenvalue weighted by molar-refractivity contribution is 6.31. The molecule has 1 saturated carbocycles. The van der Waals surface area contributed by atoms with Crippen molar-refractivity contribution in [3.63, 3.8) is 0 Å². The van der Waals surface area contributed by atoms with Gasteiger partial charge in [-0.15, -0.1) is 0 Å². The molecular weight excluding hydrogens is 446 g/mol. The van der Waals surface area contributed by atoms with Gasteiger partial charge in [0.15, 0.2) is 0 Å². The van der Waals surface area contributed by atoms with Crippen LogP contribution < -0.4 is 10.6 Å². The van der Waals surface area contributed by atoms with Gasteiger partial charge in [0.2, 0.25) is 11.8 Å². The molecule has 2 amide bonds. The molecule has 0 unspecified atom stereocenters. The van der Waals surface area contributed by atoms with Crippen molar-refractivity contribution in [1.29, 1.82) is 0 Å².